The van der Waals surface area contributed by atoms with E-state index in [9.17, 15) is 22.8 Å². The van der Waals surface area contributed by atoms with E-state index in [2.05, 4.69) is 5.32 Å². The number of rotatable bonds is 7. The Bertz CT molecular complexity index is 995. The summed E-state index contributed by atoms with van der Waals surface area (Å²) in [6.45, 7) is 0.557. The Morgan fingerprint density at radius 1 is 1.06 bits per heavy atom. The highest BCUT2D eigenvalue weighted by atomic mass is 19.4. The third kappa shape index (κ3) is 5.75. The number of carbonyl (C=O) groups excluding carboxylic acids is 2. The van der Waals surface area contributed by atoms with Crippen molar-refractivity contribution in [2.45, 2.75) is 31.2 Å². The lowest BCUT2D eigenvalue weighted by Crippen LogP contribution is -2.37. The van der Waals surface area contributed by atoms with Crippen LogP contribution in [0.3, 0.4) is 0 Å². The summed E-state index contributed by atoms with van der Waals surface area (Å²) in [6, 6.07) is 8.58. The number of nitrogens with one attached hydrogen (secondary N) is 1. The molecule has 2 atom stereocenters. The van der Waals surface area contributed by atoms with Crippen LogP contribution in [0.15, 0.2) is 42.5 Å². The first-order chi connectivity index (χ1) is 15.7. The largest absolute Gasteiger partial charge is 0.497 e. The maximum Gasteiger partial charge on any atom is 0.416 e. The molecule has 1 aliphatic rings. The van der Waals surface area contributed by atoms with E-state index in [-0.39, 0.29) is 18.5 Å². The normalized spacial score (nSPS) is 18.6. The summed E-state index contributed by atoms with van der Waals surface area (Å²) in [6.07, 6.45) is -4.11. The zero-order chi connectivity index (χ0) is 24.2. The minimum absolute atomic E-state index is 0.232. The van der Waals surface area contributed by atoms with Gasteiger partial charge in [-0.05, 0) is 36.2 Å². The van der Waals surface area contributed by atoms with Crippen LogP contribution < -0.4 is 14.8 Å². The summed E-state index contributed by atoms with van der Waals surface area (Å²) in [7, 11) is 4.22. The topological polar surface area (TPSA) is 77.1 Å². The van der Waals surface area contributed by atoms with Crippen molar-refractivity contribution in [1.29, 1.82) is 0 Å². The van der Waals surface area contributed by atoms with Gasteiger partial charge in [0, 0.05) is 25.2 Å². The van der Waals surface area contributed by atoms with Crippen LogP contribution in [0.1, 0.15) is 27.9 Å². The van der Waals surface area contributed by atoms with Crippen LogP contribution in [-0.2, 0) is 22.3 Å². The van der Waals surface area contributed by atoms with Gasteiger partial charge in [0.25, 0.3) is 5.91 Å². The molecule has 178 valence electrons. The van der Waals surface area contributed by atoms with Crippen LogP contribution in [0.2, 0.25) is 0 Å². The molecule has 0 unspecified atom stereocenters. The third-order valence-corrected chi connectivity index (χ3v) is 5.53. The average Bonchev–Trinajstić information content (AvgIpc) is 3.19. The van der Waals surface area contributed by atoms with Gasteiger partial charge in [-0.2, -0.15) is 13.2 Å². The van der Waals surface area contributed by atoms with Crippen molar-refractivity contribution in [3.63, 3.8) is 0 Å². The molecule has 0 aromatic heterocycles. The zero-order valence-corrected chi connectivity index (χ0v) is 18.4. The Balaban J connectivity index is 1.72. The van der Waals surface area contributed by atoms with Crippen LogP contribution >= 0.6 is 0 Å². The van der Waals surface area contributed by atoms with Crippen molar-refractivity contribution >= 4 is 11.9 Å². The van der Waals surface area contributed by atoms with E-state index in [1.54, 1.807) is 23.1 Å². The first-order valence-corrected chi connectivity index (χ1v) is 10.2. The number of hydrogen-bond donors (Lipinski definition) is 1. The molecule has 10 heteroatoms. The van der Waals surface area contributed by atoms with Gasteiger partial charge in [0.15, 0.2) is 0 Å². The summed E-state index contributed by atoms with van der Waals surface area (Å²) in [5, 5.41) is 2.90. The van der Waals surface area contributed by atoms with Crippen molar-refractivity contribution in [1.82, 2.24) is 10.2 Å². The number of carbonyl (C=O) groups is 2. The quantitative estimate of drug-likeness (QED) is 0.632. The highest BCUT2D eigenvalue weighted by molar-refractivity contribution is 5.97. The number of amides is 1. The van der Waals surface area contributed by atoms with E-state index < -0.39 is 23.8 Å². The zero-order valence-electron chi connectivity index (χ0n) is 18.4. The second-order valence-corrected chi connectivity index (χ2v) is 7.64. The van der Waals surface area contributed by atoms with E-state index in [0.29, 0.717) is 35.6 Å². The Hall–Kier alpha value is -3.27. The number of methoxy groups -OCH3 is 3. The number of benzene rings is 2. The van der Waals surface area contributed by atoms with Gasteiger partial charge in [-0.15, -0.1) is 0 Å². The van der Waals surface area contributed by atoms with Crippen molar-refractivity contribution in [3.8, 4) is 11.5 Å². The minimum atomic E-state index is -4.42. The van der Waals surface area contributed by atoms with Crippen LogP contribution in [0.4, 0.5) is 13.2 Å². The Morgan fingerprint density at radius 2 is 1.76 bits per heavy atom. The number of esters is 1. The summed E-state index contributed by atoms with van der Waals surface area (Å²) >= 11 is 0. The van der Waals surface area contributed by atoms with Crippen molar-refractivity contribution in [2.75, 3.05) is 27.9 Å². The molecule has 0 bridgehead atoms. The molecule has 0 aliphatic carbocycles. The van der Waals surface area contributed by atoms with Gasteiger partial charge in [0.1, 0.15) is 17.5 Å². The van der Waals surface area contributed by atoms with Gasteiger partial charge >= 0.3 is 12.1 Å². The molecule has 1 heterocycles. The van der Waals surface area contributed by atoms with Crippen LogP contribution in [0, 0.1) is 0 Å². The van der Waals surface area contributed by atoms with Crippen molar-refractivity contribution in [3.05, 3.63) is 59.2 Å². The molecule has 0 radical (unpaired) electrons. The molecule has 1 N–H and O–H groups in total. The monoisotopic (exact) mass is 466 g/mol. The number of alkyl halides is 3. The maximum atomic E-state index is 12.8. The fraction of sp³-hybridized carbons (Fsp3) is 0.391. The maximum absolute atomic E-state index is 12.8. The second kappa shape index (κ2) is 10.1. The molecule has 1 aliphatic heterocycles. The first-order valence-electron chi connectivity index (χ1n) is 10.2. The van der Waals surface area contributed by atoms with Gasteiger partial charge in [-0.25, -0.2) is 0 Å². The van der Waals surface area contributed by atoms with E-state index in [1.165, 1.54) is 33.5 Å². The molecule has 0 saturated carbocycles. The molecule has 33 heavy (non-hydrogen) atoms. The highest BCUT2D eigenvalue weighted by Gasteiger charge is 2.38. The standard InChI is InChI=1S/C23H25F3N2O5/c1-31-17-8-9-18(20(11-17)32-2)21(29)27-16-10-19(22(30)33-3)28(13-16)12-14-4-6-15(7-5-14)23(24,25)26/h4-9,11,16,19H,10,12-13H2,1-3H3,(H,27,29)/t16-,19+/m1/s1. The van der Waals surface area contributed by atoms with Crippen LogP contribution in [-0.4, -0.2) is 56.7 Å². The Morgan fingerprint density at radius 3 is 2.33 bits per heavy atom. The average molecular weight is 466 g/mol. The Labute approximate surface area is 189 Å². The lowest BCUT2D eigenvalue weighted by Gasteiger charge is -2.22. The SMILES string of the molecule is COC(=O)[C@@H]1C[C@@H](NC(=O)c2ccc(OC)cc2OC)CN1Cc1ccc(C(F)(F)F)cc1. The van der Waals surface area contributed by atoms with Crippen LogP contribution in [0.5, 0.6) is 11.5 Å². The first kappa shape index (κ1) is 24.4. The number of halogens is 3. The fourth-order valence-electron chi connectivity index (χ4n) is 3.85. The van der Waals surface area contributed by atoms with Gasteiger partial charge < -0.3 is 19.5 Å². The molecule has 1 fully saturated rings. The number of ether oxygens (including phenoxy) is 3. The molecule has 2 aromatic carbocycles. The van der Waals surface area contributed by atoms with Crippen molar-refractivity contribution in [2.24, 2.45) is 0 Å². The van der Waals surface area contributed by atoms with Crippen molar-refractivity contribution < 1.29 is 37.0 Å². The van der Waals surface area contributed by atoms with Gasteiger partial charge in [-0.1, -0.05) is 12.1 Å². The predicted molar refractivity (Wildman–Crippen MR) is 113 cm³/mol. The molecular weight excluding hydrogens is 441 g/mol. The molecule has 7 nitrogen and oxygen atoms in total. The number of nitrogens with zero attached hydrogens (tertiary/aromatic N) is 1. The molecule has 2 aromatic rings. The van der Waals surface area contributed by atoms with Crippen LogP contribution in [0.25, 0.3) is 0 Å². The van der Waals surface area contributed by atoms with Gasteiger partial charge in [0.05, 0.1) is 32.5 Å². The fourth-order valence-corrected chi connectivity index (χ4v) is 3.85. The highest BCUT2D eigenvalue weighted by Crippen LogP contribution is 2.30. The summed E-state index contributed by atoms with van der Waals surface area (Å²) < 4.78 is 53.8. The van der Waals surface area contributed by atoms with Gasteiger partial charge in [-0.3, -0.25) is 14.5 Å². The smallest absolute Gasteiger partial charge is 0.416 e. The minimum Gasteiger partial charge on any atom is -0.497 e. The summed E-state index contributed by atoms with van der Waals surface area (Å²) in [5.74, 6) is 0.0360. The molecule has 1 saturated heterocycles. The van der Waals surface area contributed by atoms with E-state index >= 15 is 0 Å². The number of hydrogen-bond acceptors (Lipinski definition) is 6. The molecule has 3 rings (SSSR count). The number of likely N-dealkylation sites (tertiary alicyclic amines) is 1. The molecular formula is C23H25F3N2O5. The van der Waals surface area contributed by atoms with E-state index in [0.717, 1.165) is 12.1 Å². The van der Waals surface area contributed by atoms with Gasteiger partial charge in [0.2, 0.25) is 0 Å². The second-order valence-electron chi connectivity index (χ2n) is 7.64. The summed E-state index contributed by atoms with van der Waals surface area (Å²) in [5.41, 5.74) is 0.186. The van der Waals surface area contributed by atoms with E-state index in [1.807, 2.05) is 0 Å². The Kier molecular flexibility index (Phi) is 7.47. The lowest BCUT2D eigenvalue weighted by atomic mass is 10.1. The molecule has 1 amide bonds. The lowest BCUT2D eigenvalue weighted by molar-refractivity contribution is -0.146. The van der Waals surface area contributed by atoms with E-state index in [4.69, 9.17) is 14.2 Å². The third-order valence-electron chi connectivity index (χ3n) is 5.53. The molecule has 0 spiro atoms. The summed E-state index contributed by atoms with van der Waals surface area (Å²) in [4.78, 5) is 26.9. The predicted octanol–water partition coefficient (Wildman–Crippen LogP) is 3.27.